The van der Waals surface area contributed by atoms with E-state index in [1.807, 2.05) is 0 Å². The zero-order chi connectivity index (χ0) is 40.3. The molecule has 4 unspecified atom stereocenters. The molecular weight excluding hydrogens is 872 g/mol. The van der Waals surface area contributed by atoms with E-state index in [-0.39, 0.29) is 34.0 Å². The van der Waals surface area contributed by atoms with Crippen LogP contribution in [0.1, 0.15) is 12.5 Å². The van der Waals surface area contributed by atoms with E-state index in [2.05, 4.69) is 81.7 Å². The quantitative estimate of drug-likeness (QED) is 0.0934. The molecule has 0 saturated carbocycles. The zero-order valence-electron chi connectivity index (χ0n) is 27.4. The van der Waals surface area contributed by atoms with Crippen LogP contribution in [-0.2, 0) is 88.6 Å². The number of nitrogen functional groups attached to an aromatic ring is 2. The van der Waals surface area contributed by atoms with Gasteiger partial charge in [-0.2, -0.15) is 8.62 Å². The minimum atomic E-state index is -5.75. The van der Waals surface area contributed by atoms with Gasteiger partial charge in [0.2, 0.25) is 0 Å². The summed E-state index contributed by atoms with van der Waals surface area (Å²) in [5, 5.41) is 55.0. The van der Waals surface area contributed by atoms with Crippen LogP contribution in [0.4, 0.5) is 11.6 Å². The Morgan fingerprint density at radius 3 is 1.37 bits per heavy atom. The van der Waals surface area contributed by atoms with E-state index in [4.69, 9.17) is 30.0 Å². The van der Waals surface area contributed by atoms with Crippen LogP contribution in [0, 0.1) is 0 Å². The first-order valence-corrected chi connectivity index (χ1v) is 21.1. The summed E-state index contributed by atoms with van der Waals surface area (Å²) in [6.45, 7) is -2.09. The summed E-state index contributed by atoms with van der Waals surface area (Å²) in [6, 6.07) is 0. The number of hydrogen-bond donors (Lipinski definition) is 6. The van der Waals surface area contributed by atoms with Crippen molar-refractivity contribution in [2.24, 2.45) is 0 Å². The van der Waals surface area contributed by atoms with Crippen LogP contribution in [0.25, 0.3) is 22.3 Å². The number of fused-ring (bicyclic) bond motifs is 6. The molecule has 0 spiro atoms. The number of imidazole rings is 2. The minimum Gasteiger partial charge on any atom is -0.387 e. The second-order valence-electron chi connectivity index (χ2n) is 11.5. The molecule has 312 valence electrons. The molecule has 0 aliphatic carbocycles. The van der Waals surface area contributed by atoms with Crippen LogP contribution in [0.2, 0.25) is 0 Å². The predicted octanol–water partition coefficient (Wildman–Crippen LogP) is -0.766. The summed E-state index contributed by atoms with van der Waals surface area (Å²) in [5.74, 6) is -0.00618. The highest BCUT2D eigenvalue weighted by atomic mass is 31.3. The van der Waals surface area contributed by atoms with Crippen LogP contribution in [0.3, 0.4) is 0 Å². The van der Waals surface area contributed by atoms with E-state index in [0.717, 1.165) is 12.7 Å². The maximum atomic E-state index is 13.5. The molecule has 8 heterocycles. The van der Waals surface area contributed by atoms with Crippen LogP contribution in [0.5, 0.6) is 0 Å². The van der Waals surface area contributed by atoms with Gasteiger partial charge in [0, 0.05) is 0 Å². The fourth-order valence-electron chi connectivity index (χ4n) is 5.34. The van der Waals surface area contributed by atoms with E-state index in [0.29, 0.717) is 0 Å². The number of aliphatic hydroxyl groups is 4. The number of rotatable bonds is 8. The monoisotopic (exact) mass is 896 g/mol. The van der Waals surface area contributed by atoms with Gasteiger partial charge in [-0.3, -0.25) is 18.2 Å². The lowest BCUT2D eigenvalue weighted by molar-refractivity contribution is -0.488. The van der Waals surface area contributed by atoms with Crippen molar-refractivity contribution in [1.82, 2.24) is 39.0 Å². The molecule has 12 atom stereocenters. The summed E-state index contributed by atoms with van der Waals surface area (Å²) in [6.07, 6.45) is -8.38. The van der Waals surface area contributed by atoms with Crippen LogP contribution in [-0.4, -0.2) is 109 Å². The molecule has 37 heteroatoms. The van der Waals surface area contributed by atoms with Crippen LogP contribution < -0.4 is 11.5 Å². The average molecular weight is 896 g/mol. The van der Waals surface area contributed by atoms with Gasteiger partial charge in [0.15, 0.2) is 35.4 Å². The standard InChI is InChI=1S/C20H24N10O23P4/c21-15-9-17(25-3-23-15)29(5-27-9)19-13(33)11(31)7(41-19)1-39-54(35)46-43-48-57(38)51-45-50-56(37,52-54)49-44-47-55(36,53-57)40-2-8-12(32)14(34)20(42-8)30-6-28-10-16(22)24-4-26-18(10)30/h3-8,11-14,19-20,31-34H,1-2H2,(H2,21,23,25)(H2,22,24,26)/t7-,8-,11-,12-,13-,14-,19-,20-,54?,55?,56?,57?/m1/s1. The summed E-state index contributed by atoms with van der Waals surface area (Å²) >= 11 is 0. The fraction of sp³-hybridized carbons (Fsp3) is 0.500. The lowest BCUT2D eigenvalue weighted by Crippen LogP contribution is -2.33. The molecule has 4 aromatic heterocycles. The Balaban J connectivity index is 0.931. The molecule has 4 aliphatic heterocycles. The van der Waals surface area contributed by atoms with Crippen molar-refractivity contribution in [2.75, 3.05) is 24.7 Å². The fourth-order valence-corrected chi connectivity index (χ4v) is 9.90. The summed E-state index contributed by atoms with van der Waals surface area (Å²) in [7, 11) is -22.7. The molecule has 8 rings (SSSR count). The van der Waals surface area contributed by atoms with Gasteiger partial charge < -0.3 is 41.4 Å². The smallest absolute Gasteiger partial charge is 0.387 e. The first-order chi connectivity index (χ1) is 27.1. The number of anilines is 2. The lowest BCUT2D eigenvalue weighted by atomic mass is 10.1. The zero-order valence-corrected chi connectivity index (χ0v) is 31.0. The Hall–Kier alpha value is -3.14. The van der Waals surface area contributed by atoms with Gasteiger partial charge in [-0.1, -0.05) is 28.0 Å². The average Bonchev–Trinajstić information content (AvgIpc) is 3.92. The normalized spacial score (nSPS) is 39.3. The first-order valence-electron chi connectivity index (χ1n) is 15.2. The molecule has 0 radical (unpaired) electrons. The maximum absolute atomic E-state index is 13.5. The number of aliphatic hydroxyl groups excluding tert-OH is 4. The molecule has 57 heavy (non-hydrogen) atoms. The lowest BCUT2D eigenvalue weighted by Gasteiger charge is -2.26. The Morgan fingerprint density at radius 1 is 0.579 bits per heavy atom. The van der Waals surface area contributed by atoms with Gasteiger partial charge >= 0.3 is 31.3 Å². The molecular formula is C20H24N10O23P4. The van der Waals surface area contributed by atoms with Crippen molar-refractivity contribution in [3.05, 3.63) is 25.3 Å². The van der Waals surface area contributed by atoms with Gasteiger partial charge in [-0.15, -0.1) is 0 Å². The van der Waals surface area contributed by atoms with Gasteiger partial charge in [0.05, 0.1) is 25.9 Å². The van der Waals surface area contributed by atoms with Crippen molar-refractivity contribution in [3.8, 4) is 0 Å². The van der Waals surface area contributed by atoms with Gasteiger partial charge in [-0.05, 0) is 15.1 Å². The third kappa shape index (κ3) is 7.98. The topological polar surface area (TPSA) is 427 Å². The number of phosphoric acid groups is 4. The van der Waals surface area contributed by atoms with Gasteiger partial charge in [0.25, 0.3) is 0 Å². The molecule has 0 amide bonds. The molecule has 2 bridgehead atoms. The van der Waals surface area contributed by atoms with Crippen LogP contribution in [0.15, 0.2) is 25.3 Å². The molecule has 4 fully saturated rings. The summed E-state index contributed by atoms with van der Waals surface area (Å²) in [4.78, 5) is 23.7. The minimum absolute atomic E-state index is 0.00309. The molecule has 33 nitrogen and oxygen atoms in total. The molecule has 0 aromatic carbocycles. The third-order valence-corrected chi connectivity index (χ3v) is 13.5. The van der Waals surface area contributed by atoms with Crippen molar-refractivity contribution in [3.63, 3.8) is 0 Å². The number of nitrogens with two attached hydrogens (primary N) is 2. The van der Waals surface area contributed by atoms with Crippen molar-refractivity contribution in [1.29, 1.82) is 0 Å². The van der Waals surface area contributed by atoms with Crippen LogP contribution >= 0.6 is 31.3 Å². The molecule has 4 aliphatic rings. The van der Waals surface area contributed by atoms with Gasteiger partial charge in [-0.25, -0.2) is 48.2 Å². The van der Waals surface area contributed by atoms with Gasteiger partial charge in [0.1, 0.15) is 60.3 Å². The van der Waals surface area contributed by atoms with Crippen molar-refractivity contribution >= 4 is 65.3 Å². The Morgan fingerprint density at radius 2 is 0.965 bits per heavy atom. The summed E-state index contributed by atoms with van der Waals surface area (Å²) in [5.41, 5.74) is 12.0. The Kier molecular flexibility index (Phi) is 11.0. The van der Waals surface area contributed by atoms with E-state index >= 15 is 0 Å². The number of hydrogen-bond acceptors (Lipinski definition) is 31. The van der Waals surface area contributed by atoms with E-state index in [9.17, 15) is 38.7 Å². The first kappa shape index (κ1) is 40.6. The molecule has 8 N–H and O–H groups in total. The SMILES string of the molecule is Nc1ncnc2c1ncn2[C@@H]1O[C@H](COP2(=O)OOOP3(=O)OOOP(=O)(OOOP(=O)(OC[C@H]4O[C@@H](n5cnc6c(N)ncnc65)[C@H](O)[C@@H]4O)O3)O2)[C@@H](O)[C@H]1O. The van der Waals surface area contributed by atoms with E-state index in [1.54, 1.807) is 0 Å². The number of aromatic nitrogens is 8. The highest BCUT2D eigenvalue weighted by molar-refractivity contribution is 7.63. The number of ether oxygens (including phenoxy) is 2. The van der Waals surface area contributed by atoms with E-state index in [1.165, 1.54) is 21.8 Å². The Bertz CT molecular complexity index is 2180. The predicted molar refractivity (Wildman–Crippen MR) is 166 cm³/mol. The van der Waals surface area contributed by atoms with E-state index < -0.39 is 93.6 Å². The highest BCUT2D eigenvalue weighted by Crippen LogP contribution is 2.72. The third-order valence-electron chi connectivity index (χ3n) is 7.92. The Labute approximate surface area is 312 Å². The number of nitrogens with zero attached hydrogens (tertiary/aromatic N) is 8. The second kappa shape index (κ2) is 15.5. The molecule has 4 aromatic rings. The largest absolute Gasteiger partial charge is 0.542 e. The maximum Gasteiger partial charge on any atom is 0.542 e. The molecule has 4 saturated heterocycles. The van der Waals surface area contributed by atoms with Crippen molar-refractivity contribution < 1.29 is 109 Å². The second-order valence-corrected chi connectivity index (χ2v) is 17.7. The highest BCUT2D eigenvalue weighted by Gasteiger charge is 2.55. The summed E-state index contributed by atoms with van der Waals surface area (Å²) < 4.78 is 112. The van der Waals surface area contributed by atoms with Crippen molar-refractivity contribution in [2.45, 2.75) is 49.1 Å².